The van der Waals surface area contributed by atoms with E-state index in [1.165, 1.54) is 12.1 Å². The SMILES string of the molecule is O=Nc1cc(Br)c(O)cc1Br. The van der Waals surface area contributed by atoms with Crippen molar-refractivity contribution >= 4 is 37.5 Å². The molecule has 0 saturated carbocycles. The van der Waals surface area contributed by atoms with Gasteiger partial charge in [0.05, 0.1) is 8.95 Å². The molecule has 0 heterocycles. The van der Waals surface area contributed by atoms with Gasteiger partial charge in [-0.15, -0.1) is 4.91 Å². The first-order chi connectivity index (χ1) is 5.15. The molecular weight excluding hydrogens is 278 g/mol. The number of rotatable bonds is 1. The van der Waals surface area contributed by atoms with Gasteiger partial charge in [-0.05, 0) is 49.2 Å². The predicted molar refractivity (Wildman–Crippen MR) is 49.0 cm³/mol. The molecule has 0 aliphatic carbocycles. The summed E-state index contributed by atoms with van der Waals surface area (Å²) in [4.78, 5) is 10.1. The van der Waals surface area contributed by atoms with Gasteiger partial charge in [-0.3, -0.25) is 0 Å². The van der Waals surface area contributed by atoms with E-state index in [-0.39, 0.29) is 11.4 Å². The number of phenols is 1. The van der Waals surface area contributed by atoms with Crippen LogP contribution in [0.1, 0.15) is 0 Å². The first-order valence-corrected chi connectivity index (χ1v) is 4.25. The maximum absolute atomic E-state index is 10.1. The van der Waals surface area contributed by atoms with Gasteiger partial charge in [-0.25, -0.2) is 0 Å². The number of aromatic hydroxyl groups is 1. The van der Waals surface area contributed by atoms with E-state index in [1.54, 1.807) is 0 Å². The van der Waals surface area contributed by atoms with Crippen LogP contribution in [0.2, 0.25) is 0 Å². The summed E-state index contributed by atoms with van der Waals surface area (Å²) in [5, 5.41) is 11.8. The molecule has 3 nitrogen and oxygen atoms in total. The second-order valence-corrected chi connectivity index (χ2v) is 3.55. The molecule has 0 amide bonds. The average molecular weight is 281 g/mol. The second kappa shape index (κ2) is 3.32. The van der Waals surface area contributed by atoms with Crippen LogP contribution in [0, 0.1) is 4.91 Å². The fraction of sp³-hybridized carbons (Fsp3) is 0. The molecule has 0 unspecified atom stereocenters. The lowest BCUT2D eigenvalue weighted by atomic mass is 10.3. The van der Waals surface area contributed by atoms with E-state index in [2.05, 4.69) is 37.0 Å². The Morgan fingerprint density at radius 1 is 1.27 bits per heavy atom. The molecule has 0 saturated heterocycles. The normalized spacial score (nSPS) is 9.64. The predicted octanol–water partition coefficient (Wildman–Crippen LogP) is 3.32. The van der Waals surface area contributed by atoms with E-state index in [0.717, 1.165) is 0 Å². The number of nitroso groups, excluding NO2 is 1. The maximum Gasteiger partial charge on any atom is 0.131 e. The number of hydrogen-bond acceptors (Lipinski definition) is 3. The number of halogens is 2. The highest BCUT2D eigenvalue weighted by Gasteiger charge is 2.04. The van der Waals surface area contributed by atoms with Crippen LogP contribution in [0.25, 0.3) is 0 Å². The summed E-state index contributed by atoms with van der Waals surface area (Å²) in [5.74, 6) is 0.0734. The Hall–Kier alpha value is -0.420. The van der Waals surface area contributed by atoms with E-state index >= 15 is 0 Å². The van der Waals surface area contributed by atoms with Crippen LogP contribution in [0.5, 0.6) is 5.75 Å². The molecule has 5 heteroatoms. The van der Waals surface area contributed by atoms with Gasteiger partial charge in [-0.2, -0.15) is 0 Å². The molecule has 11 heavy (non-hydrogen) atoms. The number of nitrogens with zero attached hydrogens (tertiary/aromatic N) is 1. The third-order valence-corrected chi connectivity index (χ3v) is 2.38. The van der Waals surface area contributed by atoms with Crippen molar-refractivity contribution < 1.29 is 5.11 Å². The zero-order valence-corrected chi connectivity index (χ0v) is 8.39. The molecule has 0 radical (unpaired) electrons. The molecule has 0 fully saturated rings. The fourth-order valence-corrected chi connectivity index (χ4v) is 1.33. The van der Waals surface area contributed by atoms with Gasteiger partial charge in [0, 0.05) is 0 Å². The highest BCUT2D eigenvalue weighted by atomic mass is 79.9. The number of benzene rings is 1. The molecule has 0 aliphatic rings. The second-order valence-electron chi connectivity index (χ2n) is 1.85. The van der Waals surface area contributed by atoms with E-state index in [4.69, 9.17) is 5.11 Å². The molecular formula is C6H3Br2NO2. The third-order valence-electron chi connectivity index (χ3n) is 1.11. The van der Waals surface area contributed by atoms with Crippen LogP contribution in [0.3, 0.4) is 0 Å². The van der Waals surface area contributed by atoms with Crippen LogP contribution in [0.4, 0.5) is 5.69 Å². The van der Waals surface area contributed by atoms with Crippen LogP contribution in [-0.2, 0) is 0 Å². The first-order valence-electron chi connectivity index (χ1n) is 2.66. The van der Waals surface area contributed by atoms with Gasteiger partial charge < -0.3 is 5.11 Å². The van der Waals surface area contributed by atoms with Gasteiger partial charge >= 0.3 is 0 Å². The minimum atomic E-state index is 0.0734. The van der Waals surface area contributed by atoms with Gasteiger partial charge in [-0.1, -0.05) is 0 Å². The molecule has 1 rings (SSSR count). The number of hydrogen-bond donors (Lipinski definition) is 1. The minimum absolute atomic E-state index is 0.0734. The van der Waals surface area contributed by atoms with E-state index in [9.17, 15) is 4.91 Å². The molecule has 0 spiro atoms. The van der Waals surface area contributed by atoms with Crippen molar-refractivity contribution in [3.8, 4) is 5.75 Å². The largest absolute Gasteiger partial charge is 0.507 e. The average Bonchev–Trinajstić information content (AvgIpc) is 1.97. The topological polar surface area (TPSA) is 49.7 Å². The molecule has 1 N–H and O–H groups in total. The summed E-state index contributed by atoms with van der Waals surface area (Å²) in [5.41, 5.74) is 0.259. The zero-order valence-electron chi connectivity index (χ0n) is 5.21. The summed E-state index contributed by atoms with van der Waals surface area (Å²) in [6.07, 6.45) is 0. The van der Waals surface area contributed by atoms with Crippen molar-refractivity contribution in [2.75, 3.05) is 0 Å². The van der Waals surface area contributed by atoms with Crippen molar-refractivity contribution in [2.24, 2.45) is 5.18 Å². The van der Waals surface area contributed by atoms with Gasteiger partial charge in [0.25, 0.3) is 0 Å². The van der Waals surface area contributed by atoms with E-state index < -0.39 is 0 Å². The lowest BCUT2D eigenvalue weighted by molar-refractivity contribution is 0.471. The Bertz CT molecular complexity index is 301. The molecule has 1 aromatic carbocycles. The standard InChI is InChI=1S/C6H3Br2NO2/c7-3-2-6(10)4(8)1-5(3)9-11/h1-2,10H. The summed E-state index contributed by atoms with van der Waals surface area (Å²) in [7, 11) is 0. The van der Waals surface area contributed by atoms with Crippen LogP contribution in [-0.4, -0.2) is 5.11 Å². The molecule has 0 aromatic heterocycles. The fourth-order valence-electron chi connectivity index (χ4n) is 0.596. The van der Waals surface area contributed by atoms with Crippen molar-refractivity contribution in [1.82, 2.24) is 0 Å². The Morgan fingerprint density at radius 3 is 2.45 bits per heavy atom. The lowest BCUT2D eigenvalue weighted by Gasteiger charge is -1.98. The molecule has 0 atom stereocenters. The quantitative estimate of drug-likeness (QED) is 0.803. The van der Waals surface area contributed by atoms with Crippen molar-refractivity contribution in [1.29, 1.82) is 0 Å². The van der Waals surface area contributed by atoms with Gasteiger partial charge in [0.15, 0.2) is 0 Å². The zero-order chi connectivity index (χ0) is 8.43. The first kappa shape index (κ1) is 8.67. The van der Waals surface area contributed by atoms with Crippen LogP contribution in [0.15, 0.2) is 26.3 Å². The number of phenolic OH excluding ortho intramolecular Hbond substituents is 1. The lowest BCUT2D eigenvalue weighted by Crippen LogP contribution is -1.71. The van der Waals surface area contributed by atoms with Gasteiger partial charge in [0.2, 0.25) is 0 Å². The summed E-state index contributed by atoms with van der Waals surface area (Å²) < 4.78 is 0.934. The monoisotopic (exact) mass is 279 g/mol. The van der Waals surface area contributed by atoms with Crippen molar-refractivity contribution in [3.05, 3.63) is 26.0 Å². The van der Waals surface area contributed by atoms with Crippen molar-refractivity contribution in [2.45, 2.75) is 0 Å². The van der Waals surface area contributed by atoms with Crippen LogP contribution < -0.4 is 0 Å². The smallest absolute Gasteiger partial charge is 0.131 e. The molecule has 58 valence electrons. The Morgan fingerprint density at radius 2 is 1.91 bits per heavy atom. The summed E-state index contributed by atoms with van der Waals surface area (Å²) in [6, 6.07) is 2.84. The third kappa shape index (κ3) is 1.78. The van der Waals surface area contributed by atoms with E-state index in [1.807, 2.05) is 0 Å². The van der Waals surface area contributed by atoms with Crippen LogP contribution >= 0.6 is 31.9 Å². The summed E-state index contributed by atoms with van der Waals surface area (Å²) >= 11 is 6.12. The summed E-state index contributed by atoms with van der Waals surface area (Å²) in [6.45, 7) is 0. The van der Waals surface area contributed by atoms with Gasteiger partial charge in [0.1, 0.15) is 11.4 Å². The molecule has 1 aromatic rings. The molecule has 0 aliphatic heterocycles. The Balaban J connectivity index is 3.31. The Labute approximate surface area is 79.7 Å². The highest BCUT2D eigenvalue weighted by molar-refractivity contribution is 9.11. The Kier molecular flexibility index (Phi) is 2.62. The molecule has 0 bridgehead atoms. The van der Waals surface area contributed by atoms with Crippen molar-refractivity contribution in [3.63, 3.8) is 0 Å². The minimum Gasteiger partial charge on any atom is -0.507 e. The van der Waals surface area contributed by atoms with E-state index in [0.29, 0.717) is 8.95 Å². The highest BCUT2D eigenvalue weighted by Crippen LogP contribution is 2.35. The maximum atomic E-state index is 10.1.